The van der Waals surface area contributed by atoms with Gasteiger partial charge in [-0.05, 0) is 52.3 Å². The van der Waals surface area contributed by atoms with E-state index in [1.165, 1.54) is 0 Å². The van der Waals surface area contributed by atoms with E-state index in [-0.39, 0.29) is 12.2 Å². The van der Waals surface area contributed by atoms with Crippen LogP contribution in [0, 0.1) is 0 Å². The highest BCUT2D eigenvalue weighted by Crippen LogP contribution is 2.23. The number of amidine groups is 1. The minimum Gasteiger partial charge on any atom is -0.497 e. The van der Waals surface area contributed by atoms with Crippen LogP contribution in [-0.2, 0) is 4.74 Å². The first-order valence-electron chi connectivity index (χ1n) is 10.1. The molecule has 0 spiro atoms. The van der Waals surface area contributed by atoms with Crippen LogP contribution in [0.3, 0.4) is 0 Å². The summed E-state index contributed by atoms with van der Waals surface area (Å²) in [5, 5.41) is 0. The van der Waals surface area contributed by atoms with E-state index in [0.717, 1.165) is 42.2 Å². The molecule has 0 radical (unpaired) electrons. The largest absolute Gasteiger partial charge is 0.497 e. The molecule has 2 aliphatic rings. The van der Waals surface area contributed by atoms with Gasteiger partial charge < -0.3 is 14.4 Å². The Balaban J connectivity index is 1.95. The van der Waals surface area contributed by atoms with Crippen LogP contribution in [0.1, 0.15) is 39.7 Å². The minimum atomic E-state index is 0.134. The van der Waals surface area contributed by atoms with Crippen molar-refractivity contribution in [2.24, 2.45) is 15.0 Å². The SMILES string of the molecule is COc1cccc(C2=CCC=CC(N=C(N=C(C)C)N3C[C@@H](C)O[C@@H](C)C3)=N2)c1. The molecule has 1 aromatic rings. The summed E-state index contributed by atoms with van der Waals surface area (Å²) in [5.41, 5.74) is 2.84. The quantitative estimate of drug-likeness (QED) is 0.554. The number of hydrogen-bond donors (Lipinski definition) is 0. The first-order chi connectivity index (χ1) is 13.9. The van der Waals surface area contributed by atoms with Gasteiger partial charge in [-0.25, -0.2) is 9.98 Å². The molecule has 6 nitrogen and oxygen atoms in total. The van der Waals surface area contributed by atoms with Gasteiger partial charge in [0.2, 0.25) is 5.96 Å². The topological polar surface area (TPSA) is 58.8 Å². The Bertz CT molecular complexity index is 869. The first kappa shape index (κ1) is 21.0. The molecule has 0 N–H and O–H groups in total. The molecule has 2 heterocycles. The van der Waals surface area contributed by atoms with Crippen molar-refractivity contribution in [2.75, 3.05) is 20.2 Å². The highest BCUT2D eigenvalue weighted by atomic mass is 16.5. The Kier molecular flexibility index (Phi) is 6.99. The molecule has 6 heteroatoms. The minimum absolute atomic E-state index is 0.134. The summed E-state index contributed by atoms with van der Waals surface area (Å²) in [5.74, 6) is 2.13. The van der Waals surface area contributed by atoms with Crippen molar-refractivity contribution in [3.05, 3.63) is 48.1 Å². The van der Waals surface area contributed by atoms with Crippen LogP contribution in [0.15, 0.2) is 57.5 Å². The molecule has 2 aliphatic heterocycles. The Morgan fingerprint density at radius 1 is 1.21 bits per heavy atom. The van der Waals surface area contributed by atoms with E-state index in [4.69, 9.17) is 24.5 Å². The predicted octanol–water partition coefficient (Wildman–Crippen LogP) is 4.34. The predicted molar refractivity (Wildman–Crippen MR) is 120 cm³/mol. The zero-order valence-electron chi connectivity index (χ0n) is 17.9. The average molecular weight is 395 g/mol. The van der Waals surface area contributed by atoms with Crippen LogP contribution in [0.5, 0.6) is 5.75 Å². The van der Waals surface area contributed by atoms with E-state index in [2.05, 4.69) is 30.9 Å². The van der Waals surface area contributed by atoms with Crippen molar-refractivity contribution in [3.8, 4) is 5.75 Å². The summed E-state index contributed by atoms with van der Waals surface area (Å²) in [6.07, 6.45) is 7.19. The van der Waals surface area contributed by atoms with Crippen LogP contribution in [0.4, 0.5) is 0 Å². The normalized spacial score (nSPS) is 22.5. The van der Waals surface area contributed by atoms with E-state index < -0.39 is 0 Å². The zero-order chi connectivity index (χ0) is 20.8. The summed E-state index contributed by atoms with van der Waals surface area (Å²) >= 11 is 0. The van der Waals surface area contributed by atoms with Crippen LogP contribution >= 0.6 is 0 Å². The summed E-state index contributed by atoms with van der Waals surface area (Å²) in [4.78, 5) is 16.5. The van der Waals surface area contributed by atoms with Gasteiger partial charge in [-0.3, -0.25) is 0 Å². The lowest BCUT2D eigenvalue weighted by atomic mass is 10.1. The maximum atomic E-state index is 5.87. The number of allylic oxidation sites excluding steroid dienone is 2. The van der Waals surface area contributed by atoms with Crippen molar-refractivity contribution in [1.29, 1.82) is 0 Å². The zero-order valence-corrected chi connectivity index (χ0v) is 17.9. The van der Waals surface area contributed by atoms with Gasteiger partial charge in [0.1, 0.15) is 5.75 Å². The molecule has 0 unspecified atom stereocenters. The fourth-order valence-corrected chi connectivity index (χ4v) is 3.40. The number of nitrogens with zero attached hydrogens (tertiary/aromatic N) is 4. The second-order valence-corrected chi connectivity index (χ2v) is 7.56. The van der Waals surface area contributed by atoms with Gasteiger partial charge in [0, 0.05) is 24.4 Å². The standard InChI is InChI=1S/C23H30N4O2/c1-16(2)24-23(27-14-17(3)29-18(4)15-27)26-22-12-7-6-11-21(25-22)19-9-8-10-20(13-19)28-5/h7-13,17-18H,6,14-15H2,1-5H3/t17-,18+. The van der Waals surface area contributed by atoms with Crippen molar-refractivity contribution in [1.82, 2.24) is 4.90 Å². The average Bonchev–Trinajstić information content (AvgIpc) is 2.92. The molecule has 1 fully saturated rings. The third kappa shape index (κ3) is 5.87. The van der Waals surface area contributed by atoms with Crippen LogP contribution in [0.25, 0.3) is 5.70 Å². The lowest BCUT2D eigenvalue weighted by Crippen LogP contribution is -2.48. The number of benzene rings is 1. The summed E-state index contributed by atoms with van der Waals surface area (Å²) in [6.45, 7) is 9.64. The maximum Gasteiger partial charge on any atom is 0.227 e. The van der Waals surface area contributed by atoms with Gasteiger partial charge in [-0.2, -0.15) is 4.99 Å². The van der Waals surface area contributed by atoms with E-state index in [1.807, 2.05) is 44.2 Å². The Labute approximate surface area is 173 Å². The van der Waals surface area contributed by atoms with Crippen molar-refractivity contribution in [3.63, 3.8) is 0 Å². The van der Waals surface area contributed by atoms with Crippen LogP contribution < -0.4 is 4.74 Å². The van der Waals surface area contributed by atoms with E-state index >= 15 is 0 Å². The molecule has 0 aromatic heterocycles. The number of guanidine groups is 1. The number of hydrogen-bond acceptors (Lipinski definition) is 4. The highest BCUT2D eigenvalue weighted by molar-refractivity contribution is 6.07. The molecule has 1 saturated heterocycles. The second-order valence-electron chi connectivity index (χ2n) is 7.56. The molecule has 0 amide bonds. The third-order valence-electron chi connectivity index (χ3n) is 4.56. The van der Waals surface area contributed by atoms with Crippen molar-refractivity contribution in [2.45, 2.75) is 46.3 Å². The number of ether oxygens (including phenoxy) is 2. The third-order valence-corrected chi connectivity index (χ3v) is 4.56. The van der Waals surface area contributed by atoms with Gasteiger partial charge in [0.05, 0.1) is 25.0 Å². The lowest BCUT2D eigenvalue weighted by Gasteiger charge is -2.35. The van der Waals surface area contributed by atoms with Gasteiger partial charge >= 0.3 is 0 Å². The monoisotopic (exact) mass is 394 g/mol. The molecule has 0 bridgehead atoms. The first-order valence-corrected chi connectivity index (χ1v) is 10.1. The van der Waals surface area contributed by atoms with Crippen LogP contribution in [-0.4, -0.2) is 54.8 Å². The molecule has 154 valence electrons. The van der Waals surface area contributed by atoms with Gasteiger partial charge in [0.15, 0.2) is 5.84 Å². The van der Waals surface area contributed by atoms with Gasteiger partial charge in [0.25, 0.3) is 0 Å². The second kappa shape index (κ2) is 9.65. The number of rotatable bonds is 2. The fraction of sp³-hybridized carbons (Fsp3) is 0.435. The molecule has 0 aliphatic carbocycles. The van der Waals surface area contributed by atoms with Gasteiger partial charge in [-0.1, -0.05) is 24.3 Å². The van der Waals surface area contributed by atoms with Crippen molar-refractivity contribution < 1.29 is 9.47 Å². The van der Waals surface area contributed by atoms with Gasteiger partial charge in [-0.15, -0.1) is 0 Å². The Hall–Kier alpha value is -2.73. The number of methoxy groups -OCH3 is 1. The molecular weight excluding hydrogens is 364 g/mol. The molecular formula is C23H30N4O2. The maximum absolute atomic E-state index is 5.87. The van der Waals surface area contributed by atoms with Crippen molar-refractivity contribution >= 4 is 23.2 Å². The Morgan fingerprint density at radius 3 is 2.66 bits per heavy atom. The summed E-state index contributed by atoms with van der Waals surface area (Å²) < 4.78 is 11.2. The molecule has 1 aromatic carbocycles. The molecule has 3 rings (SSSR count). The molecule has 29 heavy (non-hydrogen) atoms. The summed E-state index contributed by atoms with van der Waals surface area (Å²) in [6, 6.07) is 7.92. The van der Waals surface area contributed by atoms with E-state index in [9.17, 15) is 0 Å². The lowest BCUT2D eigenvalue weighted by molar-refractivity contribution is -0.0482. The summed E-state index contributed by atoms with van der Waals surface area (Å²) in [7, 11) is 1.67. The van der Waals surface area contributed by atoms with E-state index in [1.54, 1.807) is 7.11 Å². The molecule has 2 atom stereocenters. The number of aliphatic imine (C=N–C) groups is 3. The van der Waals surface area contributed by atoms with E-state index in [0.29, 0.717) is 11.8 Å². The fourth-order valence-electron chi connectivity index (χ4n) is 3.40. The van der Waals surface area contributed by atoms with Crippen LogP contribution in [0.2, 0.25) is 0 Å². The number of morpholine rings is 1. The Morgan fingerprint density at radius 2 is 1.97 bits per heavy atom. The smallest absolute Gasteiger partial charge is 0.227 e. The molecule has 0 saturated carbocycles. The highest BCUT2D eigenvalue weighted by Gasteiger charge is 2.25.